The molecule has 1 aliphatic carbocycles. The highest BCUT2D eigenvalue weighted by Crippen LogP contribution is 2.37. The van der Waals surface area contributed by atoms with Gasteiger partial charge in [0.1, 0.15) is 5.69 Å². The molecule has 1 aromatic rings. The number of rotatable bonds is 3. The zero-order valence-corrected chi connectivity index (χ0v) is 10.8. The highest BCUT2D eigenvalue weighted by atomic mass is 32.1. The second-order valence-electron chi connectivity index (χ2n) is 4.75. The molecule has 0 spiro atoms. The number of hydrogen-bond acceptors (Lipinski definition) is 3. The Balaban J connectivity index is 2.00. The molecule has 16 heavy (non-hydrogen) atoms. The van der Waals surface area contributed by atoms with Crippen LogP contribution in [0.1, 0.15) is 67.4 Å². The Morgan fingerprint density at radius 2 is 2.12 bits per heavy atom. The molecular formula is C13H19NOS. The van der Waals surface area contributed by atoms with Crippen molar-refractivity contribution >= 4 is 17.1 Å². The molecule has 0 atom stereocenters. The Morgan fingerprint density at radius 3 is 2.62 bits per heavy atom. The molecule has 1 heterocycles. The maximum Gasteiger partial charge on any atom is 0.178 e. The molecule has 0 N–H and O–H groups in total. The highest BCUT2D eigenvalue weighted by molar-refractivity contribution is 7.09. The number of carbonyl (C=O) groups is 1. The van der Waals surface area contributed by atoms with Crippen molar-refractivity contribution in [2.24, 2.45) is 5.92 Å². The Morgan fingerprint density at radius 1 is 1.44 bits per heavy atom. The molecule has 0 saturated heterocycles. The van der Waals surface area contributed by atoms with E-state index in [0.29, 0.717) is 11.6 Å². The zero-order chi connectivity index (χ0) is 11.5. The zero-order valence-electron chi connectivity index (χ0n) is 10.0. The molecule has 0 amide bonds. The van der Waals surface area contributed by atoms with Crippen LogP contribution >= 0.6 is 11.3 Å². The van der Waals surface area contributed by atoms with E-state index in [1.807, 2.05) is 5.38 Å². The summed E-state index contributed by atoms with van der Waals surface area (Å²) in [5.74, 6) is 1.62. The maximum atomic E-state index is 11.2. The summed E-state index contributed by atoms with van der Waals surface area (Å²) in [6.45, 7) is 3.87. The van der Waals surface area contributed by atoms with Crippen molar-refractivity contribution < 1.29 is 4.79 Å². The minimum Gasteiger partial charge on any atom is -0.293 e. The molecular weight excluding hydrogens is 218 g/mol. The van der Waals surface area contributed by atoms with Crippen LogP contribution in [0.15, 0.2) is 5.38 Å². The fourth-order valence-electron chi connectivity index (χ4n) is 2.45. The van der Waals surface area contributed by atoms with E-state index < -0.39 is 0 Å². The Kier molecular flexibility index (Phi) is 3.74. The predicted octanol–water partition coefficient (Wildman–Crippen LogP) is 4.03. The Labute approximate surface area is 101 Å². The van der Waals surface area contributed by atoms with Gasteiger partial charge in [-0.1, -0.05) is 13.3 Å². The lowest BCUT2D eigenvalue weighted by Gasteiger charge is -2.26. The van der Waals surface area contributed by atoms with Crippen molar-refractivity contribution in [3.8, 4) is 0 Å². The Bertz CT molecular complexity index is 364. The number of ketones is 1. The van der Waals surface area contributed by atoms with Gasteiger partial charge < -0.3 is 0 Å². The number of Topliss-reactive ketones (excluding diaryl/α,β-unsaturated/α-hetero) is 1. The van der Waals surface area contributed by atoms with Crippen molar-refractivity contribution in [3.63, 3.8) is 0 Å². The summed E-state index contributed by atoms with van der Waals surface area (Å²) in [6, 6.07) is 0. The third kappa shape index (κ3) is 2.51. The van der Waals surface area contributed by atoms with Crippen LogP contribution in [0.25, 0.3) is 0 Å². The molecule has 1 aliphatic rings. The van der Waals surface area contributed by atoms with Gasteiger partial charge in [0.05, 0.1) is 5.01 Å². The first-order chi connectivity index (χ1) is 7.70. The molecule has 0 aliphatic heterocycles. The normalized spacial score (nSPS) is 25.6. The molecule has 1 fully saturated rings. The molecule has 0 radical (unpaired) electrons. The summed E-state index contributed by atoms with van der Waals surface area (Å²) in [7, 11) is 0. The molecule has 0 aromatic carbocycles. The van der Waals surface area contributed by atoms with Gasteiger partial charge in [-0.2, -0.15) is 0 Å². The molecule has 2 rings (SSSR count). The predicted molar refractivity (Wildman–Crippen MR) is 67.1 cm³/mol. The van der Waals surface area contributed by atoms with Crippen LogP contribution in [0.5, 0.6) is 0 Å². The average Bonchev–Trinajstić information content (AvgIpc) is 2.78. The molecule has 1 saturated carbocycles. The van der Waals surface area contributed by atoms with E-state index in [1.165, 1.54) is 37.1 Å². The second-order valence-corrected chi connectivity index (χ2v) is 5.64. The summed E-state index contributed by atoms with van der Waals surface area (Å²) in [6.07, 6.45) is 6.47. The number of thiazole rings is 1. The molecule has 0 bridgehead atoms. The number of carbonyl (C=O) groups excluding carboxylic acids is 1. The van der Waals surface area contributed by atoms with Crippen LogP contribution in [-0.2, 0) is 0 Å². The van der Waals surface area contributed by atoms with E-state index in [-0.39, 0.29) is 5.78 Å². The van der Waals surface area contributed by atoms with Crippen LogP contribution in [0.3, 0.4) is 0 Å². The first kappa shape index (κ1) is 11.8. The van der Waals surface area contributed by atoms with Gasteiger partial charge in [-0.05, 0) is 31.6 Å². The Hall–Kier alpha value is -0.700. The highest BCUT2D eigenvalue weighted by Gasteiger charge is 2.23. The minimum absolute atomic E-state index is 0.0877. The molecule has 2 nitrogen and oxygen atoms in total. The van der Waals surface area contributed by atoms with E-state index >= 15 is 0 Å². The SMILES string of the molecule is CCC1CCC(c2nc(C(C)=O)cs2)CC1. The summed E-state index contributed by atoms with van der Waals surface area (Å²) in [4.78, 5) is 15.6. The van der Waals surface area contributed by atoms with Gasteiger partial charge in [0.2, 0.25) is 0 Å². The number of hydrogen-bond donors (Lipinski definition) is 0. The van der Waals surface area contributed by atoms with Gasteiger partial charge in [-0.25, -0.2) is 4.98 Å². The van der Waals surface area contributed by atoms with E-state index in [2.05, 4.69) is 11.9 Å². The summed E-state index contributed by atoms with van der Waals surface area (Å²) >= 11 is 1.66. The molecule has 0 unspecified atom stereocenters. The largest absolute Gasteiger partial charge is 0.293 e. The first-order valence-electron chi connectivity index (χ1n) is 6.17. The lowest BCUT2D eigenvalue weighted by Crippen LogP contribution is -2.12. The van der Waals surface area contributed by atoms with Crippen molar-refractivity contribution in [1.82, 2.24) is 4.98 Å². The van der Waals surface area contributed by atoms with Crippen molar-refractivity contribution in [1.29, 1.82) is 0 Å². The van der Waals surface area contributed by atoms with E-state index in [0.717, 1.165) is 5.92 Å². The lowest BCUT2D eigenvalue weighted by atomic mass is 9.81. The smallest absolute Gasteiger partial charge is 0.178 e. The van der Waals surface area contributed by atoms with Gasteiger partial charge in [-0.3, -0.25) is 4.79 Å². The molecule has 3 heteroatoms. The lowest BCUT2D eigenvalue weighted by molar-refractivity contribution is 0.101. The van der Waals surface area contributed by atoms with Crippen LogP contribution in [-0.4, -0.2) is 10.8 Å². The van der Waals surface area contributed by atoms with E-state index in [1.54, 1.807) is 18.3 Å². The minimum atomic E-state index is 0.0877. The number of aromatic nitrogens is 1. The summed E-state index contributed by atoms with van der Waals surface area (Å²) in [5, 5.41) is 3.09. The van der Waals surface area contributed by atoms with Crippen molar-refractivity contribution in [2.75, 3.05) is 0 Å². The molecule has 88 valence electrons. The van der Waals surface area contributed by atoms with Crippen LogP contribution in [0.4, 0.5) is 0 Å². The summed E-state index contributed by atoms with van der Waals surface area (Å²) in [5.41, 5.74) is 0.651. The van der Waals surface area contributed by atoms with Gasteiger partial charge in [0, 0.05) is 18.2 Å². The van der Waals surface area contributed by atoms with E-state index in [9.17, 15) is 4.79 Å². The topological polar surface area (TPSA) is 30.0 Å². The fraction of sp³-hybridized carbons (Fsp3) is 0.692. The van der Waals surface area contributed by atoms with Crippen LogP contribution in [0, 0.1) is 5.92 Å². The van der Waals surface area contributed by atoms with Crippen LogP contribution in [0.2, 0.25) is 0 Å². The third-order valence-electron chi connectivity index (χ3n) is 3.66. The monoisotopic (exact) mass is 237 g/mol. The first-order valence-corrected chi connectivity index (χ1v) is 7.05. The van der Waals surface area contributed by atoms with Crippen LogP contribution < -0.4 is 0 Å². The number of nitrogens with zero attached hydrogens (tertiary/aromatic N) is 1. The van der Waals surface area contributed by atoms with Gasteiger partial charge in [0.25, 0.3) is 0 Å². The summed E-state index contributed by atoms with van der Waals surface area (Å²) < 4.78 is 0. The second kappa shape index (κ2) is 5.09. The standard InChI is InChI=1S/C13H19NOS/c1-3-10-4-6-11(7-5-10)13-14-12(8-16-13)9(2)15/h8,10-11H,3-7H2,1-2H3. The van der Waals surface area contributed by atoms with Crippen molar-refractivity contribution in [3.05, 3.63) is 16.1 Å². The fourth-order valence-corrected chi connectivity index (χ4v) is 3.48. The average molecular weight is 237 g/mol. The molecule has 1 aromatic heterocycles. The van der Waals surface area contributed by atoms with E-state index in [4.69, 9.17) is 0 Å². The third-order valence-corrected chi connectivity index (χ3v) is 4.66. The van der Waals surface area contributed by atoms with Crippen molar-refractivity contribution in [2.45, 2.75) is 51.9 Å². The van der Waals surface area contributed by atoms with Gasteiger partial charge in [0.15, 0.2) is 5.78 Å². The van der Waals surface area contributed by atoms with Gasteiger partial charge >= 0.3 is 0 Å². The quantitative estimate of drug-likeness (QED) is 0.743. The van der Waals surface area contributed by atoms with Gasteiger partial charge in [-0.15, -0.1) is 11.3 Å². The maximum absolute atomic E-state index is 11.2.